The molecule has 0 bridgehead atoms. The molecule has 1 aromatic rings. The summed E-state index contributed by atoms with van der Waals surface area (Å²) in [4.78, 5) is 11.7. The lowest BCUT2D eigenvalue weighted by atomic mass is 10.1. The van der Waals surface area contributed by atoms with Crippen LogP contribution in [0.1, 0.15) is 10.4 Å². The van der Waals surface area contributed by atoms with Crippen LogP contribution < -0.4 is 20.5 Å². The fraction of sp³-hybridized carbons (Fsp3) is 0.300. The molecule has 16 heavy (non-hydrogen) atoms. The average molecular weight is 245 g/mol. The van der Waals surface area contributed by atoms with E-state index in [0.29, 0.717) is 30.2 Å². The molecule has 88 valence electrons. The Bertz CT molecular complexity index is 384. The monoisotopic (exact) mass is 244 g/mol. The summed E-state index contributed by atoms with van der Waals surface area (Å²) in [6.07, 6.45) is 0. The lowest BCUT2D eigenvalue weighted by molar-refractivity contribution is 0.0950. The van der Waals surface area contributed by atoms with E-state index < -0.39 is 0 Å². The number of fused-ring (bicyclic) bond motifs is 1. The van der Waals surface area contributed by atoms with Gasteiger partial charge in [0.15, 0.2) is 11.5 Å². The van der Waals surface area contributed by atoms with Crippen LogP contribution in [0, 0.1) is 0 Å². The zero-order valence-electron chi connectivity index (χ0n) is 8.56. The average Bonchev–Trinajstić information content (AvgIpc) is 2.73. The Labute approximate surface area is 99.3 Å². The summed E-state index contributed by atoms with van der Waals surface area (Å²) in [5.74, 6) is 0.921. The molecule has 0 saturated heterocycles. The molecule has 0 saturated carbocycles. The van der Waals surface area contributed by atoms with E-state index in [4.69, 9.17) is 15.2 Å². The highest BCUT2D eigenvalue weighted by atomic mass is 35.5. The van der Waals surface area contributed by atoms with Gasteiger partial charge in [0.2, 0.25) is 6.79 Å². The predicted molar refractivity (Wildman–Crippen MR) is 61.2 cm³/mol. The minimum Gasteiger partial charge on any atom is -0.454 e. The molecule has 0 radical (unpaired) electrons. The maximum absolute atomic E-state index is 11.7. The van der Waals surface area contributed by atoms with Gasteiger partial charge in [-0.2, -0.15) is 0 Å². The highest BCUT2D eigenvalue weighted by Crippen LogP contribution is 2.35. The second kappa shape index (κ2) is 5.58. The van der Waals surface area contributed by atoms with Crippen LogP contribution in [-0.4, -0.2) is 25.8 Å². The van der Waals surface area contributed by atoms with E-state index in [1.54, 1.807) is 18.2 Å². The zero-order chi connectivity index (χ0) is 10.7. The van der Waals surface area contributed by atoms with Crippen LogP contribution in [0.2, 0.25) is 0 Å². The van der Waals surface area contributed by atoms with E-state index in [2.05, 4.69) is 5.32 Å². The second-order valence-electron chi connectivity index (χ2n) is 3.08. The highest BCUT2D eigenvalue weighted by Gasteiger charge is 2.21. The number of rotatable bonds is 3. The fourth-order valence-corrected chi connectivity index (χ4v) is 1.39. The Morgan fingerprint density at radius 1 is 1.44 bits per heavy atom. The van der Waals surface area contributed by atoms with E-state index in [-0.39, 0.29) is 25.1 Å². The number of carbonyl (C=O) groups is 1. The fourth-order valence-electron chi connectivity index (χ4n) is 1.39. The standard InChI is InChI=1S/C10H12N2O3.ClH/c11-4-5-12-10(13)7-2-1-3-8-9(7)15-6-14-8;/h1-3H,4-6,11H2,(H,12,13);1H. The molecule has 1 heterocycles. The molecule has 0 aromatic heterocycles. The largest absolute Gasteiger partial charge is 0.454 e. The van der Waals surface area contributed by atoms with Crippen LogP contribution in [0.15, 0.2) is 18.2 Å². The van der Waals surface area contributed by atoms with Crippen molar-refractivity contribution in [2.75, 3.05) is 19.9 Å². The molecule has 6 heteroatoms. The molecule has 2 rings (SSSR count). The summed E-state index contributed by atoms with van der Waals surface area (Å²) >= 11 is 0. The van der Waals surface area contributed by atoms with Crippen molar-refractivity contribution in [2.45, 2.75) is 0 Å². The molecular formula is C10H13ClN2O3. The molecule has 0 spiro atoms. The number of carbonyl (C=O) groups excluding carboxylic acids is 1. The SMILES string of the molecule is Cl.NCCNC(=O)c1cccc2c1OCO2. The number of para-hydroxylation sites is 1. The second-order valence-corrected chi connectivity index (χ2v) is 3.08. The summed E-state index contributed by atoms with van der Waals surface area (Å²) in [5, 5.41) is 2.68. The summed E-state index contributed by atoms with van der Waals surface area (Å²) in [7, 11) is 0. The lowest BCUT2D eigenvalue weighted by Gasteiger charge is -2.05. The molecule has 1 aliphatic rings. The summed E-state index contributed by atoms with van der Waals surface area (Å²) in [6.45, 7) is 1.03. The Morgan fingerprint density at radius 2 is 2.25 bits per heavy atom. The number of benzene rings is 1. The Balaban J connectivity index is 0.00000128. The van der Waals surface area contributed by atoms with Crippen LogP contribution in [0.4, 0.5) is 0 Å². The van der Waals surface area contributed by atoms with Crippen molar-refractivity contribution in [3.05, 3.63) is 23.8 Å². The Morgan fingerprint density at radius 3 is 3.00 bits per heavy atom. The van der Waals surface area contributed by atoms with Crippen molar-refractivity contribution < 1.29 is 14.3 Å². The molecule has 3 N–H and O–H groups in total. The van der Waals surface area contributed by atoms with Gasteiger partial charge in [-0.05, 0) is 12.1 Å². The molecule has 1 aromatic carbocycles. The van der Waals surface area contributed by atoms with Gasteiger partial charge in [0.05, 0.1) is 5.56 Å². The normalized spacial score (nSPS) is 11.8. The maximum atomic E-state index is 11.7. The Kier molecular flexibility index (Phi) is 4.39. The molecule has 1 amide bonds. The molecular weight excluding hydrogens is 232 g/mol. The van der Waals surface area contributed by atoms with Gasteiger partial charge in [-0.3, -0.25) is 4.79 Å². The molecule has 1 aliphatic heterocycles. The van der Waals surface area contributed by atoms with Gasteiger partial charge in [0.25, 0.3) is 5.91 Å². The first-order chi connectivity index (χ1) is 7.33. The molecule has 0 atom stereocenters. The Hall–Kier alpha value is -1.46. The predicted octanol–water partition coefficient (Wildman–Crippen LogP) is 0.526. The smallest absolute Gasteiger partial charge is 0.255 e. The maximum Gasteiger partial charge on any atom is 0.255 e. The van der Waals surface area contributed by atoms with Gasteiger partial charge in [-0.15, -0.1) is 12.4 Å². The van der Waals surface area contributed by atoms with Crippen molar-refractivity contribution in [2.24, 2.45) is 5.73 Å². The number of ether oxygens (including phenoxy) is 2. The van der Waals surface area contributed by atoms with Crippen molar-refractivity contribution in [3.63, 3.8) is 0 Å². The third kappa shape index (κ3) is 2.37. The van der Waals surface area contributed by atoms with Crippen LogP contribution in [0.3, 0.4) is 0 Å². The first-order valence-electron chi connectivity index (χ1n) is 4.70. The van der Waals surface area contributed by atoms with Crippen LogP contribution in [0.25, 0.3) is 0 Å². The van der Waals surface area contributed by atoms with Crippen LogP contribution in [0.5, 0.6) is 11.5 Å². The first kappa shape index (κ1) is 12.6. The van der Waals surface area contributed by atoms with E-state index in [1.807, 2.05) is 0 Å². The van der Waals surface area contributed by atoms with Gasteiger partial charge in [0, 0.05) is 13.1 Å². The van der Waals surface area contributed by atoms with Crippen LogP contribution in [-0.2, 0) is 0 Å². The van der Waals surface area contributed by atoms with E-state index in [0.717, 1.165) is 0 Å². The minimum atomic E-state index is -0.192. The third-order valence-corrected chi connectivity index (χ3v) is 2.07. The number of nitrogens with one attached hydrogen (secondary N) is 1. The number of hydrogen-bond acceptors (Lipinski definition) is 4. The summed E-state index contributed by atoms with van der Waals surface area (Å²) in [6, 6.07) is 5.21. The number of nitrogens with two attached hydrogens (primary N) is 1. The topological polar surface area (TPSA) is 73.6 Å². The minimum absolute atomic E-state index is 0. The van der Waals surface area contributed by atoms with E-state index in [1.165, 1.54) is 0 Å². The quantitative estimate of drug-likeness (QED) is 0.813. The molecule has 0 aliphatic carbocycles. The molecule has 0 fully saturated rings. The zero-order valence-corrected chi connectivity index (χ0v) is 9.38. The van der Waals surface area contributed by atoms with Crippen molar-refractivity contribution in [1.29, 1.82) is 0 Å². The van der Waals surface area contributed by atoms with Crippen molar-refractivity contribution >= 4 is 18.3 Å². The van der Waals surface area contributed by atoms with Crippen LogP contribution >= 0.6 is 12.4 Å². The van der Waals surface area contributed by atoms with E-state index in [9.17, 15) is 4.79 Å². The summed E-state index contributed by atoms with van der Waals surface area (Å²) in [5.41, 5.74) is 5.78. The van der Waals surface area contributed by atoms with Gasteiger partial charge < -0.3 is 20.5 Å². The lowest BCUT2D eigenvalue weighted by Crippen LogP contribution is -2.29. The van der Waals surface area contributed by atoms with Crippen molar-refractivity contribution in [3.8, 4) is 11.5 Å². The van der Waals surface area contributed by atoms with Gasteiger partial charge >= 0.3 is 0 Å². The van der Waals surface area contributed by atoms with E-state index >= 15 is 0 Å². The molecule has 0 unspecified atom stereocenters. The van der Waals surface area contributed by atoms with Gasteiger partial charge in [-0.25, -0.2) is 0 Å². The van der Waals surface area contributed by atoms with Gasteiger partial charge in [-0.1, -0.05) is 6.07 Å². The van der Waals surface area contributed by atoms with Crippen molar-refractivity contribution in [1.82, 2.24) is 5.32 Å². The third-order valence-electron chi connectivity index (χ3n) is 2.07. The van der Waals surface area contributed by atoms with Gasteiger partial charge in [0.1, 0.15) is 0 Å². The first-order valence-corrected chi connectivity index (χ1v) is 4.70. The number of hydrogen-bond donors (Lipinski definition) is 2. The number of amides is 1. The highest BCUT2D eigenvalue weighted by molar-refractivity contribution is 5.97. The summed E-state index contributed by atoms with van der Waals surface area (Å²) < 4.78 is 10.4. The number of halogens is 1. The molecule has 5 nitrogen and oxygen atoms in total.